The average Bonchev–Trinajstić information content (AvgIpc) is 2.65. The van der Waals surface area contributed by atoms with Gasteiger partial charge in [0.05, 0.1) is 13.5 Å². The van der Waals surface area contributed by atoms with Crippen LogP contribution < -0.4 is 10.1 Å². The van der Waals surface area contributed by atoms with Crippen LogP contribution in [0.15, 0.2) is 18.2 Å². The van der Waals surface area contributed by atoms with Gasteiger partial charge >= 0.3 is 0 Å². The number of fused-ring (bicyclic) bond motifs is 1. The molecule has 2 N–H and O–H groups in total. The molecule has 0 saturated heterocycles. The molecule has 4 nitrogen and oxygen atoms in total. The van der Waals surface area contributed by atoms with Crippen molar-refractivity contribution in [3.05, 3.63) is 29.5 Å². The third-order valence-corrected chi connectivity index (χ3v) is 2.94. The van der Waals surface area contributed by atoms with Gasteiger partial charge in [0.25, 0.3) is 0 Å². The molecule has 4 heteroatoms. The molecule has 0 fully saturated rings. The zero-order valence-electron chi connectivity index (χ0n) is 10.3. The highest BCUT2D eigenvalue weighted by Gasteiger charge is 2.12. The number of aromatic nitrogens is 1. The highest BCUT2D eigenvalue weighted by atomic mass is 16.5. The van der Waals surface area contributed by atoms with Gasteiger partial charge in [0.2, 0.25) is 5.91 Å². The number of amides is 1. The maximum Gasteiger partial charge on any atom is 0.224 e. The Kier molecular flexibility index (Phi) is 3.04. The van der Waals surface area contributed by atoms with Crippen LogP contribution in [-0.2, 0) is 11.2 Å². The van der Waals surface area contributed by atoms with Crippen LogP contribution in [0, 0.1) is 6.92 Å². The number of methoxy groups -OCH3 is 1. The number of aryl methyl sites for hydroxylation is 1. The van der Waals surface area contributed by atoms with Gasteiger partial charge in [-0.3, -0.25) is 4.79 Å². The predicted octanol–water partition coefficient (Wildman–Crippen LogP) is 1.77. The van der Waals surface area contributed by atoms with Gasteiger partial charge in [0.1, 0.15) is 5.75 Å². The fraction of sp³-hybridized carbons (Fsp3) is 0.308. The summed E-state index contributed by atoms with van der Waals surface area (Å²) in [6.07, 6.45) is 0.384. The third-order valence-electron chi connectivity index (χ3n) is 2.94. The average molecular weight is 232 g/mol. The standard InChI is InChI=1S/C13H16N2O2/c1-8-10(7-13(16)14-2)11-6-9(17-3)4-5-12(11)15-8/h4-6,15H,7H2,1-3H3,(H,14,16). The largest absolute Gasteiger partial charge is 0.497 e. The van der Waals surface area contributed by atoms with Crippen LogP contribution in [0.2, 0.25) is 0 Å². The van der Waals surface area contributed by atoms with E-state index in [1.807, 2.05) is 25.1 Å². The van der Waals surface area contributed by atoms with Crippen molar-refractivity contribution in [2.24, 2.45) is 0 Å². The second kappa shape index (κ2) is 4.49. The van der Waals surface area contributed by atoms with Crippen LogP contribution in [0.3, 0.4) is 0 Å². The van der Waals surface area contributed by atoms with Crippen molar-refractivity contribution in [2.45, 2.75) is 13.3 Å². The minimum atomic E-state index is 0.0109. The van der Waals surface area contributed by atoms with Gasteiger partial charge in [-0.15, -0.1) is 0 Å². The van der Waals surface area contributed by atoms with Crippen molar-refractivity contribution in [1.82, 2.24) is 10.3 Å². The number of rotatable bonds is 3. The summed E-state index contributed by atoms with van der Waals surface area (Å²) in [4.78, 5) is 14.7. The van der Waals surface area contributed by atoms with Gasteiger partial charge in [-0.1, -0.05) is 0 Å². The van der Waals surface area contributed by atoms with E-state index < -0.39 is 0 Å². The number of ether oxygens (including phenoxy) is 1. The van der Waals surface area contributed by atoms with E-state index in [-0.39, 0.29) is 5.91 Å². The van der Waals surface area contributed by atoms with Crippen molar-refractivity contribution >= 4 is 16.8 Å². The molecule has 0 radical (unpaired) electrons. The Hall–Kier alpha value is -1.97. The van der Waals surface area contributed by atoms with E-state index in [1.165, 1.54) is 0 Å². The molecule has 1 aromatic carbocycles. The van der Waals surface area contributed by atoms with Crippen molar-refractivity contribution in [2.75, 3.05) is 14.2 Å². The first kappa shape index (κ1) is 11.5. The summed E-state index contributed by atoms with van der Waals surface area (Å²) in [5, 5.41) is 3.69. The molecular formula is C13H16N2O2. The molecule has 0 aliphatic rings. The second-order valence-electron chi connectivity index (χ2n) is 3.99. The fourth-order valence-electron chi connectivity index (χ4n) is 1.97. The summed E-state index contributed by atoms with van der Waals surface area (Å²) < 4.78 is 5.20. The van der Waals surface area contributed by atoms with Crippen molar-refractivity contribution in [1.29, 1.82) is 0 Å². The van der Waals surface area contributed by atoms with E-state index in [2.05, 4.69) is 10.3 Å². The second-order valence-corrected chi connectivity index (χ2v) is 3.99. The number of benzene rings is 1. The highest BCUT2D eigenvalue weighted by molar-refractivity contribution is 5.90. The van der Waals surface area contributed by atoms with Gasteiger partial charge in [0.15, 0.2) is 0 Å². The number of H-pyrrole nitrogens is 1. The van der Waals surface area contributed by atoms with E-state index in [0.717, 1.165) is 27.9 Å². The Labute approximate surface area is 100.0 Å². The van der Waals surface area contributed by atoms with Crippen LogP contribution in [0.1, 0.15) is 11.3 Å². The summed E-state index contributed by atoms with van der Waals surface area (Å²) in [5.41, 5.74) is 3.08. The number of carbonyl (C=O) groups is 1. The van der Waals surface area contributed by atoms with Gasteiger partial charge in [-0.2, -0.15) is 0 Å². The molecule has 2 aromatic rings. The lowest BCUT2D eigenvalue weighted by Gasteiger charge is -2.02. The number of likely N-dealkylation sites (N-methyl/N-ethyl adjacent to an activating group) is 1. The quantitative estimate of drug-likeness (QED) is 0.847. The summed E-state index contributed by atoms with van der Waals surface area (Å²) >= 11 is 0. The van der Waals surface area contributed by atoms with Crippen LogP contribution in [0.25, 0.3) is 10.9 Å². The van der Waals surface area contributed by atoms with Crippen molar-refractivity contribution in [3.8, 4) is 5.75 Å². The molecule has 0 unspecified atom stereocenters. The lowest BCUT2D eigenvalue weighted by molar-refractivity contribution is -0.119. The molecule has 0 saturated carbocycles. The number of hydrogen-bond donors (Lipinski definition) is 2. The molecule has 17 heavy (non-hydrogen) atoms. The smallest absolute Gasteiger partial charge is 0.224 e. The SMILES string of the molecule is CNC(=O)Cc1c(C)[nH]c2ccc(OC)cc12. The molecule has 0 aliphatic heterocycles. The van der Waals surface area contributed by atoms with E-state index in [4.69, 9.17) is 4.74 Å². The lowest BCUT2D eigenvalue weighted by atomic mass is 10.1. The first-order valence-corrected chi connectivity index (χ1v) is 5.51. The minimum absolute atomic E-state index is 0.0109. The van der Waals surface area contributed by atoms with Gasteiger partial charge < -0.3 is 15.0 Å². The molecule has 90 valence electrons. The van der Waals surface area contributed by atoms with Crippen molar-refractivity contribution in [3.63, 3.8) is 0 Å². The molecule has 1 aromatic heterocycles. The molecule has 0 aliphatic carbocycles. The highest BCUT2D eigenvalue weighted by Crippen LogP contribution is 2.26. The van der Waals surface area contributed by atoms with E-state index in [1.54, 1.807) is 14.2 Å². The lowest BCUT2D eigenvalue weighted by Crippen LogP contribution is -2.20. The molecule has 0 atom stereocenters. The van der Waals surface area contributed by atoms with Crippen LogP contribution in [0.4, 0.5) is 0 Å². The van der Waals surface area contributed by atoms with Crippen LogP contribution in [-0.4, -0.2) is 25.0 Å². The third kappa shape index (κ3) is 2.11. The Morgan fingerprint density at radius 3 is 2.88 bits per heavy atom. The Morgan fingerprint density at radius 1 is 1.47 bits per heavy atom. The number of aromatic amines is 1. The summed E-state index contributed by atoms with van der Waals surface area (Å²) in [5.74, 6) is 0.812. The molecular weight excluding hydrogens is 216 g/mol. The normalized spacial score (nSPS) is 10.5. The summed E-state index contributed by atoms with van der Waals surface area (Å²) in [7, 11) is 3.28. The maximum absolute atomic E-state index is 11.5. The predicted molar refractivity (Wildman–Crippen MR) is 67.4 cm³/mol. The maximum atomic E-state index is 11.5. The first-order valence-electron chi connectivity index (χ1n) is 5.51. The zero-order valence-corrected chi connectivity index (χ0v) is 10.3. The summed E-state index contributed by atoms with van der Waals surface area (Å²) in [6, 6.07) is 5.83. The first-order chi connectivity index (χ1) is 8.15. The monoisotopic (exact) mass is 232 g/mol. The Morgan fingerprint density at radius 2 is 2.24 bits per heavy atom. The number of hydrogen-bond acceptors (Lipinski definition) is 2. The summed E-state index contributed by atoms with van der Waals surface area (Å²) in [6.45, 7) is 1.98. The Balaban J connectivity index is 2.52. The van der Waals surface area contributed by atoms with Gasteiger partial charge in [-0.05, 0) is 30.7 Å². The molecule has 0 spiro atoms. The van der Waals surface area contributed by atoms with Crippen molar-refractivity contribution < 1.29 is 9.53 Å². The fourth-order valence-corrected chi connectivity index (χ4v) is 1.97. The molecule has 0 bridgehead atoms. The minimum Gasteiger partial charge on any atom is -0.497 e. The van der Waals surface area contributed by atoms with Gasteiger partial charge in [-0.25, -0.2) is 0 Å². The van der Waals surface area contributed by atoms with Crippen LogP contribution >= 0.6 is 0 Å². The van der Waals surface area contributed by atoms with Gasteiger partial charge in [0, 0.05) is 23.6 Å². The zero-order chi connectivity index (χ0) is 12.4. The number of nitrogens with one attached hydrogen (secondary N) is 2. The topological polar surface area (TPSA) is 54.1 Å². The van der Waals surface area contributed by atoms with E-state index in [0.29, 0.717) is 6.42 Å². The Bertz CT molecular complexity index is 558. The molecule has 1 heterocycles. The number of carbonyl (C=O) groups excluding carboxylic acids is 1. The molecule has 2 rings (SSSR count). The van der Waals surface area contributed by atoms with Crippen LogP contribution in [0.5, 0.6) is 5.75 Å². The van der Waals surface area contributed by atoms with E-state index in [9.17, 15) is 4.79 Å². The molecule has 1 amide bonds. The van der Waals surface area contributed by atoms with E-state index >= 15 is 0 Å².